The highest BCUT2D eigenvalue weighted by Gasteiger charge is 2.29. The van der Waals surface area contributed by atoms with Crippen LogP contribution < -0.4 is 0 Å². The van der Waals surface area contributed by atoms with Gasteiger partial charge in [-0.15, -0.1) is 0 Å². The summed E-state index contributed by atoms with van der Waals surface area (Å²) in [5.74, 6) is -3.54. The summed E-state index contributed by atoms with van der Waals surface area (Å²) in [7, 11) is 0. The first-order valence-electron chi connectivity index (χ1n) is 4.77. The topological polar surface area (TPSA) is 168 Å². The number of carboxylic acids is 2. The molecule has 0 saturated heterocycles. The van der Waals surface area contributed by atoms with Crippen LogP contribution in [0.5, 0.6) is 0 Å². The number of carbonyl (C=O) groups is 3. The van der Waals surface area contributed by atoms with Gasteiger partial charge in [-0.25, -0.2) is 14.4 Å². The molecule has 1 rings (SSSR count). The van der Waals surface area contributed by atoms with Crippen molar-refractivity contribution in [3.63, 3.8) is 0 Å². The van der Waals surface area contributed by atoms with Crippen LogP contribution in [0.3, 0.4) is 0 Å². The number of aliphatic carboxylic acids is 2. The van der Waals surface area contributed by atoms with Gasteiger partial charge in [-0.3, -0.25) is 9.89 Å². The minimum atomic E-state index is -2.27. The van der Waals surface area contributed by atoms with Gasteiger partial charge in [0.2, 0.25) is 0 Å². The van der Waals surface area contributed by atoms with E-state index in [1.54, 1.807) is 0 Å². The molecular weight excluding hydrogens is 264 g/mol. The molecule has 2 unspecified atom stereocenters. The number of hydrogen-bond donors (Lipinski definition) is 5. The van der Waals surface area contributed by atoms with Crippen molar-refractivity contribution < 1.29 is 39.9 Å². The van der Waals surface area contributed by atoms with E-state index in [1.165, 1.54) is 18.6 Å². The monoisotopic (exact) mass is 276 g/mol. The number of amides is 1. The Hall–Kier alpha value is -2.46. The number of aliphatic hydroxyl groups excluding tert-OH is 2. The van der Waals surface area contributed by atoms with Gasteiger partial charge >= 0.3 is 18.0 Å². The molecule has 0 bridgehead atoms. The third-order valence-corrected chi connectivity index (χ3v) is 1.77. The summed E-state index contributed by atoms with van der Waals surface area (Å²) < 4.78 is 0. The zero-order valence-corrected chi connectivity index (χ0v) is 9.45. The maximum atomic E-state index is 10.2. The number of hydrogen-bond acceptors (Lipinski definition) is 6. The number of aliphatic hydroxyl groups is 2. The van der Waals surface area contributed by atoms with Crippen molar-refractivity contribution in [2.45, 2.75) is 12.2 Å². The van der Waals surface area contributed by atoms with Gasteiger partial charge < -0.3 is 25.5 Å². The Labute approximate surface area is 106 Å². The standard InChI is InChI=1S/C5H6N2O2.C4H6O6/c8-5(9)7-3-1-6-2-4-7;5-1(3(7)8)2(6)4(9)10/h1-3H,4H2,(H,8,9);1-2,5-6H,(H,7,8)(H,9,10). The Morgan fingerprint density at radius 1 is 1.05 bits per heavy atom. The number of aliphatic imine (C=N–C) groups is 1. The largest absolute Gasteiger partial charge is 0.479 e. The molecule has 106 valence electrons. The zero-order valence-electron chi connectivity index (χ0n) is 9.45. The van der Waals surface area contributed by atoms with E-state index in [2.05, 4.69) is 4.99 Å². The first kappa shape index (κ1) is 16.5. The molecule has 0 aromatic rings. The lowest BCUT2D eigenvalue weighted by atomic mass is 10.2. The van der Waals surface area contributed by atoms with Crippen molar-refractivity contribution in [1.29, 1.82) is 0 Å². The Kier molecular flexibility index (Phi) is 6.78. The molecule has 2 atom stereocenters. The van der Waals surface area contributed by atoms with E-state index in [0.717, 1.165) is 4.90 Å². The van der Waals surface area contributed by atoms with Crippen molar-refractivity contribution >= 4 is 24.2 Å². The molecule has 10 heteroatoms. The van der Waals surface area contributed by atoms with Crippen molar-refractivity contribution in [3.05, 3.63) is 12.4 Å². The average molecular weight is 276 g/mol. The summed E-state index contributed by atoms with van der Waals surface area (Å²) in [4.78, 5) is 34.6. The molecule has 0 fully saturated rings. The lowest BCUT2D eigenvalue weighted by molar-refractivity contribution is -0.165. The third-order valence-electron chi connectivity index (χ3n) is 1.77. The normalized spacial score (nSPS) is 16.0. The lowest BCUT2D eigenvalue weighted by Gasteiger charge is -2.11. The smallest absolute Gasteiger partial charge is 0.411 e. The van der Waals surface area contributed by atoms with E-state index in [4.69, 9.17) is 25.5 Å². The quantitative estimate of drug-likeness (QED) is 0.410. The molecule has 5 N–H and O–H groups in total. The highest BCUT2D eigenvalue weighted by molar-refractivity contribution is 5.83. The molecule has 1 amide bonds. The van der Waals surface area contributed by atoms with Crippen LogP contribution in [0.4, 0.5) is 4.79 Å². The molecule has 0 saturated carbocycles. The summed E-state index contributed by atoms with van der Waals surface area (Å²) in [5.41, 5.74) is 0. The second kappa shape index (κ2) is 7.79. The highest BCUT2D eigenvalue weighted by atomic mass is 16.4. The van der Waals surface area contributed by atoms with Crippen LogP contribution in [0.15, 0.2) is 17.4 Å². The minimum absolute atomic E-state index is 0.353. The fourth-order valence-corrected chi connectivity index (χ4v) is 0.788. The maximum Gasteiger partial charge on any atom is 0.411 e. The van der Waals surface area contributed by atoms with E-state index in [1.807, 2.05) is 0 Å². The van der Waals surface area contributed by atoms with Crippen molar-refractivity contribution in [2.75, 3.05) is 6.54 Å². The van der Waals surface area contributed by atoms with E-state index in [0.29, 0.717) is 6.54 Å². The van der Waals surface area contributed by atoms with Gasteiger partial charge in [-0.05, 0) is 0 Å². The highest BCUT2D eigenvalue weighted by Crippen LogP contribution is 1.94. The van der Waals surface area contributed by atoms with Gasteiger partial charge in [0.05, 0.1) is 6.54 Å². The van der Waals surface area contributed by atoms with E-state index in [-0.39, 0.29) is 0 Å². The van der Waals surface area contributed by atoms with Crippen LogP contribution in [0.1, 0.15) is 0 Å². The van der Waals surface area contributed by atoms with Gasteiger partial charge in [0, 0.05) is 18.6 Å². The summed E-state index contributed by atoms with van der Waals surface area (Å²) in [5, 5.41) is 40.9. The van der Waals surface area contributed by atoms with Crippen LogP contribution >= 0.6 is 0 Å². The molecule has 1 aliphatic rings. The van der Waals surface area contributed by atoms with Crippen LogP contribution in [-0.4, -0.2) is 73.4 Å². The summed E-state index contributed by atoms with van der Waals surface area (Å²) in [6.45, 7) is 0.353. The van der Waals surface area contributed by atoms with Crippen LogP contribution in [0, 0.1) is 0 Å². The first-order chi connectivity index (χ1) is 8.77. The van der Waals surface area contributed by atoms with Crippen molar-refractivity contribution in [1.82, 2.24) is 4.90 Å². The third kappa shape index (κ3) is 6.14. The fraction of sp³-hybridized carbons (Fsp3) is 0.333. The van der Waals surface area contributed by atoms with Gasteiger partial charge in [-0.1, -0.05) is 0 Å². The summed E-state index contributed by atoms with van der Waals surface area (Å²) in [6.07, 6.45) is -1.08. The zero-order chi connectivity index (χ0) is 15.0. The first-order valence-corrected chi connectivity index (χ1v) is 4.77. The van der Waals surface area contributed by atoms with E-state index < -0.39 is 30.2 Å². The second-order valence-electron chi connectivity index (χ2n) is 3.13. The fourth-order valence-electron chi connectivity index (χ4n) is 0.788. The second-order valence-corrected chi connectivity index (χ2v) is 3.13. The molecule has 10 nitrogen and oxygen atoms in total. The SMILES string of the molecule is O=C(O)C(O)C(O)C(=O)O.O=C(O)N1C=CN=CC1. The Morgan fingerprint density at radius 3 is 1.74 bits per heavy atom. The van der Waals surface area contributed by atoms with Gasteiger partial charge in [0.25, 0.3) is 0 Å². The molecule has 0 aliphatic carbocycles. The van der Waals surface area contributed by atoms with Crippen LogP contribution in [-0.2, 0) is 9.59 Å². The Morgan fingerprint density at radius 2 is 1.53 bits per heavy atom. The number of nitrogens with zero attached hydrogens (tertiary/aromatic N) is 2. The number of rotatable bonds is 3. The number of carboxylic acid groups (broad SMARTS) is 3. The molecule has 0 spiro atoms. The van der Waals surface area contributed by atoms with Gasteiger partial charge in [0.15, 0.2) is 12.2 Å². The molecule has 0 aromatic heterocycles. The van der Waals surface area contributed by atoms with Crippen molar-refractivity contribution in [2.24, 2.45) is 4.99 Å². The Balaban J connectivity index is 0.000000342. The van der Waals surface area contributed by atoms with Gasteiger partial charge in [-0.2, -0.15) is 0 Å². The summed E-state index contributed by atoms with van der Waals surface area (Å²) >= 11 is 0. The average Bonchev–Trinajstić information content (AvgIpc) is 2.38. The minimum Gasteiger partial charge on any atom is -0.479 e. The summed E-state index contributed by atoms with van der Waals surface area (Å²) in [6, 6.07) is 0. The molecule has 19 heavy (non-hydrogen) atoms. The van der Waals surface area contributed by atoms with Gasteiger partial charge in [0.1, 0.15) is 0 Å². The predicted molar refractivity (Wildman–Crippen MR) is 59.6 cm³/mol. The van der Waals surface area contributed by atoms with E-state index >= 15 is 0 Å². The van der Waals surface area contributed by atoms with Crippen molar-refractivity contribution in [3.8, 4) is 0 Å². The van der Waals surface area contributed by atoms with E-state index in [9.17, 15) is 14.4 Å². The Bertz CT molecular complexity index is 387. The van der Waals surface area contributed by atoms with Crippen LogP contribution in [0.25, 0.3) is 0 Å². The molecule has 0 aromatic carbocycles. The molecule has 1 aliphatic heterocycles. The predicted octanol–water partition coefficient (Wildman–Crippen LogP) is -1.60. The molecule has 0 radical (unpaired) electrons. The molecular formula is C9H12N2O8. The molecule has 1 heterocycles. The van der Waals surface area contributed by atoms with Crippen LogP contribution in [0.2, 0.25) is 0 Å². The lowest BCUT2D eigenvalue weighted by Crippen LogP contribution is -2.39. The maximum absolute atomic E-state index is 10.2.